The Morgan fingerprint density at radius 2 is 2.21 bits per heavy atom. The van der Waals surface area contributed by atoms with Crippen LogP contribution >= 0.6 is 11.8 Å². The van der Waals surface area contributed by atoms with Crippen molar-refractivity contribution in [3.8, 4) is 0 Å². The molecule has 1 saturated heterocycles. The number of aromatic nitrogens is 2. The van der Waals surface area contributed by atoms with Crippen molar-refractivity contribution in [2.45, 2.75) is 6.92 Å². The smallest absolute Gasteiger partial charge is 0.252 e. The van der Waals surface area contributed by atoms with E-state index >= 15 is 0 Å². The molecule has 1 N–H and O–H groups in total. The fraction of sp³-hybridized carbons (Fsp3) is 0.556. The van der Waals surface area contributed by atoms with Gasteiger partial charge in [0.1, 0.15) is 0 Å². The summed E-state index contributed by atoms with van der Waals surface area (Å²) in [6, 6.07) is 1.52. The third-order valence-corrected chi connectivity index (χ3v) is 3.11. The van der Waals surface area contributed by atoms with Gasteiger partial charge in [-0.25, -0.2) is 4.98 Å². The molecule has 5 heteroatoms. The Morgan fingerprint density at radius 3 is 2.86 bits per heavy atom. The number of thioether (sulfide) groups is 1. The van der Waals surface area contributed by atoms with Crippen LogP contribution in [0.4, 0.5) is 5.95 Å². The Kier molecular flexibility index (Phi) is 2.77. The largest absolute Gasteiger partial charge is 0.341 e. The third-order valence-electron chi connectivity index (χ3n) is 2.17. The summed E-state index contributed by atoms with van der Waals surface area (Å²) >= 11 is 1.94. The van der Waals surface area contributed by atoms with E-state index in [0.29, 0.717) is 0 Å². The number of hydrogen-bond donors (Lipinski definition) is 1. The minimum atomic E-state index is -0.0641. The lowest BCUT2D eigenvalue weighted by atomic mass is 10.4. The Labute approximate surface area is 86.7 Å². The summed E-state index contributed by atoms with van der Waals surface area (Å²) in [7, 11) is 0. The number of hydrogen-bond acceptors (Lipinski definition) is 4. The summed E-state index contributed by atoms with van der Waals surface area (Å²) in [4.78, 5) is 20.4. The minimum absolute atomic E-state index is 0.0641. The van der Waals surface area contributed by atoms with E-state index in [2.05, 4.69) is 14.9 Å². The first-order chi connectivity index (χ1) is 6.75. The number of H-pyrrole nitrogens is 1. The standard InChI is InChI=1S/C9H13N3OS/c1-7-6-8(13)11-9(10-7)12-2-4-14-5-3-12/h6H,2-5H2,1H3,(H,10,11,13). The lowest BCUT2D eigenvalue weighted by Crippen LogP contribution is -2.35. The van der Waals surface area contributed by atoms with E-state index in [4.69, 9.17) is 0 Å². The van der Waals surface area contributed by atoms with Gasteiger partial charge >= 0.3 is 0 Å². The second-order valence-electron chi connectivity index (χ2n) is 3.31. The molecule has 4 nitrogen and oxygen atoms in total. The van der Waals surface area contributed by atoms with Gasteiger partial charge in [0.15, 0.2) is 0 Å². The molecule has 0 aromatic carbocycles. The van der Waals surface area contributed by atoms with Gasteiger partial charge in [-0.15, -0.1) is 0 Å². The number of anilines is 1. The monoisotopic (exact) mass is 211 g/mol. The first-order valence-corrected chi connectivity index (χ1v) is 5.82. The van der Waals surface area contributed by atoms with Crippen LogP contribution < -0.4 is 10.5 Å². The van der Waals surface area contributed by atoms with Crippen molar-refractivity contribution < 1.29 is 0 Å². The van der Waals surface area contributed by atoms with Crippen LogP contribution in [0.2, 0.25) is 0 Å². The predicted molar refractivity (Wildman–Crippen MR) is 59.1 cm³/mol. The number of rotatable bonds is 1. The average molecular weight is 211 g/mol. The summed E-state index contributed by atoms with van der Waals surface area (Å²) in [6.45, 7) is 3.78. The highest BCUT2D eigenvalue weighted by molar-refractivity contribution is 7.99. The molecule has 0 atom stereocenters. The normalized spacial score (nSPS) is 17.1. The lowest BCUT2D eigenvalue weighted by Gasteiger charge is -2.26. The maximum atomic E-state index is 11.2. The van der Waals surface area contributed by atoms with E-state index in [1.54, 1.807) is 0 Å². The molecule has 0 amide bonds. The maximum absolute atomic E-state index is 11.2. The fourth-order valence-electron chi connectivity index (χ4n) is 1.49. The summed E-state index contributed by atoms with van der Waals surface area (Å²) in [5.74, 6) is 2.94. The molecule has 1 aromatic heterocycles. The topological polar surface area (TPSA) is 49.0 Å². The van der Waals surface area contributed by atoms with Crippen LogP contribution in [0.3, 0.4) is 0 Å². The molecule has 1 fully saturated rings. The van der Waals surface area contributed by atoms with Gasteiger partial charge < -0.3 is 4.90 Å². The van der Waals surface area contributed by atoms with Gasteiger partial charge in [-0.3, -0.25) is 9.78 Å². The SMILES string of the molecule is Cc1cc(=O)[nH]c(N2CCSCC2)n1. The molecular formula is C9H13N3OS. The molecule has 0 bridgehead atoms. The predicted octanol–water partition coefficient (Wildman–Crippen LogP) is 0.632. The van der Waals surface area contributed by atoms with Gasteiger partial charge in [0.2, 0.25) is 5.95 Å². The van der Waals surface area contributed by atoms with Gasteiger partial charge in [-0.05, 0) is 6.92 Å². The van der Waals surface area contributed by atoms with Gasteiger partial charge in [-0.2, -0.15) is 11.8 Å². The lowest BCUT2D eigenvalue weighted by molar-refractivity contribution is 0.806. The Balaban J connectivity index is 2.26. The molecule has 0 saturated carbocycles. The molecule has 0 radical (unpaired) electrons. The Hall–Kier alpha value is -0.970. The zero-order valence-electron chi connectivity index (χ0n) is 8.12. The second kappa shape index (κ2) is 4.04. The molecular weight excluding hydrogens is 198 g/mol. The maximum Gasteiger partial charge on any atom is 0.252 e. The van der Waals surface area contributed by atoms with Crippen molar-refractivity contribution in [1.29, 1.82) is 0 Å². The first kappa shape index (κ1) is 9.58. The summed E-state index contributed by atoms with van der Waals surface area (Å²) in [6.07, 6.45) is 0. The van der Waals surface area contributed by atoms with Gasteiger partial charge in [0.05, 0.1) is 0 Å². The molecule has 1 aliphatic rings. The van der Waals surface area contributed by atoms with E-state index in [-0.39, 0.29) is 5.56 Å². The van der Waals surface area contributed by atoms with E-state index in [9.17, 15) is 4.79 Å². The number of aryl methyl sites for hydroxylation is 1. The highest BCUT2D eigenvalue weighted by atomic mass is 32.2. The zero-order valence-corrected chi connectivity index (χ0v) is 8.93. The van der Waals surface area contributed by atoms with Crippen LogP contribution in [-0.2, 0) is 0 Å². The van der Waals surface area contributed by atoms with Crippen molar-refractivity contribution in [3.63, 3.8) is 0 Å². The average Bonchev–Trinajstić information content (AvgIpc) is 2.18. The first-order valence-electron chi connectivity index (χ1n) is 4.66. The number of nitrogens with zero attached hydrogens (tertiary/aromatic N) is 2. The molecule has 14 heavy (non-hydrogen) atoms. The van der Waals surface area contributed by atoms with Crippen LogP contribution in [-0.4, -0.2) is 34.6 Å². The van der Waals surface area contributed by atoms with Crippen LogP contribution in [0.5, 0.6) is 0 Å². The van der Waals surface area contributed by atoms with E-state index in [1.165, 1.54) is 6.07 Å². The van der Waals surface area contributed by atoms with Crippen LogP contribution in [0.25, 0.3) is 0 Å². The molecule has 0 spiro atoms. The van der Waals surface area contributed by atoms with Crippen molar-refractivity contribution >= 4 is 17.7 Å². The van der Waals surface area contributed by atoms with E-state index < -0.39 is 0 Å². The van der Waals surface area contributed by atoms with Crippen LogP contribution in [0.1, 0.15) is 5.69 Å². The molecule has 1 aromatic rings. The van der Waals surface area contributed by atoms with Crippen molar-refractivity contribution in [3.05, 3.63) is 22.1 Å². The number of aromatic amines is 1. The van der Waals surface area contributed by atoms with Crippen LogP contribution in [0.15, 0.2) is 10.9 Å². The van der Waals surface area contributed by atoms with E-state index in [0.717, 1.165) is 36.2 Å². The zero-order chi connectivity index (χ0) is 9.97. The highest BCUT2D eigenvalue weighted by Gasteiger charge is 2.13. The molecule has 1 aliphatic heterocycles. The molecule has 2 heterocycles. The highest BCUT2D eigenvalue weighted by Crippen LogP contribution is 2.13. The van der Waals surface area contributed by atoms with Crippen LogP contribution in [0, 0.1) is 6.92 Å². The van der Waals surface area contributed by atoms with Gasteiger partial charge in [0.25, 0.3) is 5.56 Å². The van der Waals surface area contributed by atoms with Crippen molar-refractivity contribution in [2.75, 3.05) is 29.5 Å². The summed E-state index contributed by atoms with van der Waals surface area (Å²) in [5.41, 5.74) is 0.715. The fourth-order valence-corrected chi connectivity index (χ4v) is 2.39. The van der Waals surface area contributed by atoms with E-state index in [1.807, 2.05) is 18.7 Å². The molecule has 2 rings (SSSR count). The molecule has 76 valence electrons. The summed E-state index contributed by atoms with van der Waals surface area (Å²) in [5, 5.41) is 0. The number of nitrogens with one attached hydrogen (secondary N) is 1. The summed E-state index contributed by atoms with van der Waals surface area (Å²) < 4.78 is 0. The quantitative estimate of drug-likeness (QED) is 0.740. The second-order valence-corrected chi connectivity index (χ2v) is 4.53. The van der Waals surface area contributed by atoms with Crippen molar-refractivity contribution in [1.82, 2.24) is 9.97 Å². The Morgan fingerprint density at radius 1 is 1.50 bits per heavy atom. The molecule has 0 unspecified atom stereocenters. The minimum Gasteiger partial charge on any atom is -0.341 e. The third kappa shape index (κ3) is 2.09. The van der Waals surface area contributed by atoms with Gasteiger partial charge in [-0.1, -0.05) is 0 Å². The van der Waals surface area contributed by atoms with Gasteiger partial charge in [0, 0.05) is 36.4 Å². The molecule has 0 aliphatic carbocycles. The van der Waals surface area contributed by atoms with Crippen molar-refractivity contribution in [2.24, 2.45) is 0 Å². The Bertz CT molecular complexity index is 371.